The van der Waals surface area contributed by atoms with Gasteiger partial charge in [-0.3, -0.25) is 9.48 Å². The molecule has 142 valence electrons. The summed E-state index contributed by atoms with van der Waals surface area (Å²) >= 11 is 1.72. The Balaban J connectivity index is 1.35. The smallest absolute Gasteiger partial charge is 0.251 e. The highest BCUT2D eigenvalue weighted by Crippen LogP contribution is 2.19. The fourth-order valence-electron chi connectivity index (χ4n) is 3.45. The van der Waals surface area contributed by atoms with Crippen molar-refractivity contribution in [1.29, 1.82) is 0 Å². The van der Waals surface area contributed by atoms with E-state index in [2.05, 4.69) is 47.0 Å². The summed E-state index contributed by atoms with van der Waals surface area (Å²) in [5.74, 6) is -0.00618. The number of rotatable bonds is 7. The summed E-state index contributed by atoms with van der Waals surface area (Å²) in [7, 11) is 0. The molecule has 2 aromatic heterocycles. The number of fused-ring (bicyclic) bond motifs is 1. The molecule has 2 aromatic carbocycles. The molecule has 0 radical (unpaired) electrons. The summed E-state index contributed by atoms with van der Waals surface area (Å²) in [4.78, 5) is 13.9. The number of benzene rings is 2. The molecule has 0 saturated carbocycles. The van der Waals surface area contributed by atoms with Gasteiger partial charge in [-0.25, -0.2) is 0 Å². The molecule has 1 amide bonds. The molecule has 0 aliphatic carbocycles. The molecule has 0 spiro atoms. The van der Waals surface area contributed by atoms with Crippen LogP contribution in [0.1, 0.15) is 32.8 Å². The molecule has 5 heteroatoms. The van der Waals surface area contributed by atoms with Crippen LogP contribution in [0.15, 0.2) is 66.2 Å². The standard InChI is InChI=1S/C23H23N3OS/c1-17-7-4-11-22-21(17)16-25-26(22)13-6-12-24-23(27)20-10-3-2-8-18(20)15-19-9-5-14-28-19/h2-5,7-11,14,16H,6,12-13,15H2,1H3,(H,24,27). The largest absolute Gasteiger partial charge is 0.352 e. The first kappa shape index (κ1) is 18.4. The van der Waals surface area contributed by atoms with Crippen molar-refractivity contribution in [2.45, 2.75) is 26.3 Å². The van der Waals surface area contributed by atoms with E-state index in [1.54, 1.807) is 11.3 Å². The van der Waals surface area contributed by atoms with Crippen molar-refractivity contribution < 1.29 is 4.79 Å². The van der Waals surface area contributed by atoms with Gasteiger partial charge in [-0.05, 0) is 48.1 Å². The Bertz CT molecular complexity index is 1080. The van der Waals surface area contributed by atoms with Gasteiger partial charge in [0, 0.05) is 35.3 Å². The molecule has 0 saturated heterocycles. The van der Waals surface area contributed by atoms with E-state index in [1.165, 1.54) is 15.8 Å². The Kier molecular flexibility index (Phi) is 5.53. The second-order valence-corrected chi connectivity index (χ2v) is 7.93. The number of carbonyl (C=O) groups is 1. The lowest BCUT2D eigenvalue weighted by atomic mass is 10.0. The number of aromatic nitrogens is 2. The number of aryl methyl sites for hydroxylation is 2. The van der Waals surface area contributed by atoms with Gasteiger partial charge in [-0.2, -0.15) is 5.10 Å². The summed E-state index contributed by atoms with van der Waals surface area (Å²) in [6.45, 7) is 3.51. The molecule has 0 bridgehead atoms. The van der Waals surface area contributed by atoms with Crippen molar-refractivity contribution in [2.75, 3.05) is 6.54 Å². The minimum absolute atomic E-state index is 0.00618. The van der Waals surface area contributed by atoms with Crippen LogP contribution in [-0.4, -0.2) is 22.2 Å². The fraction of sp³-hybridized carbons (Fsp3) is 0.217. The fourth-order valence-corrected chi connectivity index (χ4v) is 4.18. The van der Waals surface area contributed by atoms with E-state index < -0.39 is 0 Å². The van der Waals surface area contributed by atoms with Crippen LogP contribution in [-0.2, 0) is 13.0 Å². The topological polar surface area (TPSA) is 46.9 Å². The van der Waals surface area contributed by atoms with Crippen LogP contribution >= 0.6 is 11.3 Å². The molecule has 0 unspecified atom stereocenters. The highest BCUT2D eigenvalue weighted by atomic mass is 32.1. The van der Waals surface area contributed by atoms with Gasteiger partial charge in [0.1, 0.15) is 0 Å². The first-order chi connectivity index (χ1) is 13.7. The Morgan fingerprint density at radius 2 is 2.00 bits per heavy atom. The van der Waals surface area contributed by atoms with E-state index in [1.807, 2.05) is 41.2 Å². The van der Waals surface area contributed by atoms with Crippen LogP contribution in [0.3, 0.4) is 0 Å². The van der Waals surface area contributed by atoms with Gasteiger partial charge < -0.3 is 5.32 Å². The molecular weight excluding hydrogens is 366 g/mol. The number of amides is 1. The Labute approximate surface area is 168 Å². The van der Waals surface area contributed by atoms with E-state index in [4.69, 9.17) is 0 Å². The zero-order chi connectivity index (χ0) is 19.3. The molecule has 0 atom stereocenters. The van der Waals surface area contributed by atoms with Gasteiger partial charge >= 0.3 is 0 Å². The molecule has 0 aliphatic heterocycles. The van der Waals surface area contributed by atoms with Crippen LogP contribution in [0, 0.1) is 6.92 Å². The van der Waals surface area contributed by atoms with Gasteiger partial charge in [0.05, 0.1) is 11.7 Å². The lowest BCUT2D eigenvalue weighted by Gasteiger charge is -2.10. The van der Waals surface area contributed by atoms with Crippen LogP contribution in [0.5, 0.6) is 0 Å². The van der Waals surface area contributed by atoms with Crippen molar-refractivity contribution in [1.82, 2.24) is 15.1 Å². The average molecular weight is 390 g/mol. The first-order valence-corrected chi connectivity index (χ1v) is 10.4. The monoisotopic (exact) mass is 389 g/mol. The molecule has 0 aliphatic rings. The second kappa shape index (κ2) is 8.40. The maximum Gasteiger partial charge on any atom is 0.251 e. The lowest BCUT2D eigenvalue weighted by Crippen LogP contribution is -2.26. The molecule has 4 aromatic rings. The molecule has 2 heterocycles. The van der Waals surface area contributed by atoms with Crippen LogP contribution in [0.25, 0.3) is 10.9 Å². The Morgan fingerprint density at radius 1 is 1.11 bits per heavy atom. The maximum atomic E-state index is 12.7. The van der Waals surface area contributed by atoms with Gasteiger partial charge in [-0.1, -0.05) is 36.4 Å². The van der Waals surface area contributed by atoms with Crippen LogP contribution in [0.2, 0.25) is 0 Å². The van der Waals surface area contributed by atoms with Crippen LogP contribution < -0.4 is 5.32 Å². The number of hydrogen-bond donors (Lipinski definition) is 1. The summed E-state index contributed by atoms with van der Waals surface area (Å²) in [5, 5.41) is 10.8. The lowest BCUT2D eigenvalue weighted by molar-refractivity contribution is 0.0952. The third-order valence-corrected chi connectivity index (χ3v) is 5.82. The quantitative estimate of drug-likeness (QED) is 0.461. The van der Waals surface area contributed by atoms with Gasteiger partial charge in [0.25, 0.3) is 5.91 Å². The predicted octanol–water partition coefficient (Wildman–Crippen LogP) is 4.82. The molecular formula is C23H23N3OS. The Hall–Kier alpha value is -2.92. The number of carbonyl (C=O) groups excluding carboxylic acids is 1. The van der Waals surface area contributed by atoms with E-state index in [0.717, 1.165) is 36.0 Å². The minimum Gasteiger partial charge on any atom is -0.352 e. The molecule has 4 rings (SSSR count). The van der Waals surface area contributed by atoms with E-state index in [-0.39, 0.29) is 5.91 Å². The van der Waals surface area contributed by atoms with Crippen molar-refractivity contribution in [3.8, 4) is 0 Å². The zero-order valence-electron chi connectivity index (χ0n) is 15.9. The highest BCUT2D eigenvalue weighted by molar-refractivity contribution is 7.09. The molecule has 0 fully saturated rings. The normalized spacial score (nSPS) is 11.0. The third kappa shape index (κ3) is 3.99. The van der Waals surface area contributed by atoms with Crippen LogP contribution in [0.4, 0.5) is 0 Å². The van der Waals surface area contributed by atoms with Crippen molar-refractivity contribution >= 4 is 28.1 Å². The molecule has 1 N–H and O–H groups in total. The van der Waals surface area contributed by atoms with Gasteiger partial charge in [0.2, 0.25) is 0 Å². The average Bonchev–Trinajstić information content (AvgIpc) is 3.36. The number of thiophene rings is 1. The SMILES string of the molecule is Cc1cccc2c1cnn2CCCNC(=O)c1ccccc1Cc1cccs1. The first-order valence-electron chi connectivity index (χ1n) is 9.52. The molecule has 4 nitrogen and oxygen atoms in total. The summed E-state index contributed by atoms with van der Waals surface area (Å²) in [6, 6.07) is 18.3. The number of nitrogens with zero attached hydrogens (tertiary/aromatic N) is 2. The van der Waals surface area contributed by atoms with Crippen molar-refractivity contribution in [3.05, 3.63) is 87.7 Å². The van der Waals surface area contributed by atoms with Gasteiger partial charge in [-0.15, -0.1) is 11.3 Å². The summed E-state index contributed by atoms with van der Waals surface area (Å²) < 4.78 is 2.01. The minimum atomic E-state index is -0.00618. The van der Waals surface area contributed by atoms with Gasteiger partial charge in [0.15, 0.2) is 0 Å². The number of nitrogens with one attached hydrogen (secondary N) is 1. The highest BCUT2D eigenvalue weighted by Gasteiger charge is 2.11. The summed E-state index contributed by atoms with van der Waals surface area (Å²) in [5.41, 5.74) is 4.21. The summed E-state index contributed by atoms with van der Waals surface area (Å²) in [6.07, 6.45) is 3.55. The van der Waals surface area contributed by atoms with E-state index >= 15 is 0 Å². The van der Waals surface area contributed by atoms with Crippen molar-refractivity contribution in [2.24, 2.45) is 0 Å². The maximum absolute atomic E-state index is 12.7. The predicted molar refractivity (Wildman–Crippen MR) is 115 cm³/mol. The van der Waals surface area contributed by atoms with E-state index in [9.17, 15) is 4.79 Å². The van der Waals surface area contributed by atoms with Crippen molar-refractivity contribution in [3.63, 3.8) is 0 Å². The third-order valence-electron chi connectivity index (χ3n) is 4.94. The zero-order valence-corrected chi connectivity index (χ0v) is 16.7. The Morgan fingerprint density at radius 3 is 2.86 bits per heavy atom. The molecule has 28 heavy (non-hydrogen) atoms. The van der Waals surface area contributed by atoms with E-state index in [0.29, 0.717) is 6.54 Å². The number of hydrogen-bond acceptors (Lipinski definition) is 3. The second-order valence-electron chi connectivity index (χ2n) is 6.90.